The molecule has 3 nitrogen and oxygen atoms in total. The molecule has 1 aromatic carbocycles. The summed E-state index contributed by atoms with van der Waals surface area (Å²) in [6, 6.07) is 8.31. The Labute approximate surface area is 74.0 Å². The van der Waals surface area contributed by atoms with Crippen LogP contribution in [0.15, 0.2) is 35.2 Å². The van der Waals surface area contributed by atoms with E-state index in [0.717, 1.165) is 0 Å². The minimum absolute atomic E-state index is 0. The first-order chi connectivity index (χ1) is 5.67. The van der Waals surface area contributed by atoms with E-state index in [2.05, 4.69) is 4.72 Å². The van der Waals surface area contributed by atoms with E-state index in [1.165, 1.54) is 0 Å². The Hall–Kier alpha value is -0.870. The second-order valence-electron chi connectivity index (χ2n) is 2.31. The summed E-state index contributed by atoms with van der Waals surface area (Å²) in [6.45, 7) is 2.16. The lowest BCUT2D eigenvalue weighted by atomic mass is 10.4. The van der Waals surface area contributed by atoms with Crippen LogP contribution in [0, 0.1) is 0 Å². The largest absolute Gasteiger partial charge is 0.240 e. The zero-order valence-corrected chi connectivity index (χ0v) is 7.64. The van der Waals surface area contributed by atoms with Crippen LogP contribution >= 0.6 is 0 Å². The summed E-state index contributed by atoms with van der Waals surface area (Å²) in [7, 11) is -3.26. The molecule has 0 aromatic heterocycles. The van der Waals surface area contributed by atoms with Crippen LogP contribution in [0.5, 0.6) is 0 Å². The van der Waals surface area contributed by atoms with Gasteiger partial charge in [0.25, 0.3) is 0 Å². The Morgan fingerprint density at radius 3 is 2.42 bits per heavy atom. The van der Waals surface area contributed by atoms with Gasteiger partial charge < -0.3 is 0 Å². The van der Waals surface area contributed by atoms with Crippen LogP contribution in [-0.2, 0) is 10.0 Å². The minimum Gasteiger partial charge on any atom is -0.211 e. The Morgan fingerprint density at radius 1 is 1.33 bits per heavy atom. The molecule has 1 N–H and O–H groups in total. The third-order valence-electron chi connectivity index (χ3n) is 1.39. The van der Waals surface area contributed by atoms with Crippen molar-refractivity contribution in [2.24, 2.45) is 0 Å². The van der Waals surface area contributed by atoms with Gasteiger partial charge in [0, 0.05) is 7.97 Å². The van der Waals surface area contributed by atoms with Gasteiger partial charge in [0.05, 0.1) is 4.90 Å². The van der Waals surface area contributed by atoms with Gasteiger partial charge in [0.2, 0.25) is 10.0 Å². The van der Waals surface area contributed by atoms with Crippen LogP contribution in [0.1, 0.15) is 8.35 Å². The molecule has 0 fully saturated rings. The first-order valence-electron chi connectivity index (χ1n) is 3.71. The second-order valence-corrected chi connectivity index (χ2v) is 4.08. The van der Waals surface area contributed by atoms with E-state index in [0.29, 0.717) is 11.4 Å². The van der Waals surface area contributed by atoms with Gasteiger partial charge in [0.1, 0.15) is 0 Å². The fourth-order valence-corrected chi connectivity index (χ4v) is 1.94. The van der Waals surface area contributed by atoms with Crippen molar-refractivity contribution in [3.05, 3.63) is 30.3 Å². The van der Waals surface area contributed by atoms with E-state index in [1.54, 1.807) is 37.3 Å². The molecule has 1 rings (SSSR count). The standard InChI is InChI=1S/C8H11NO2S.H2/c1-2-9-12(10,11)8-6-4-3-5-7-8;/h3-7,9H,2H2,1H3;1H. The third-order valence-corrected chi connectivity index (χ3v) is 2.95. The monoisotopic (exact) mass is 187 g/mol. The number of nitrogens with one attached hydrogen (secondary N) is 1. The number of benzene rings is 1. The number of sulfonamides is 1. The Bertz CT molecular complexity index is 336. The van der Waals surface area contributed by atoms with Gasteiger partial charge in [-0.3, -0.25) is 0 Å². The molecule has 1 aromatic rings. The van der Waals surface area contributed by atoms with Crippen LogP contribution in [0.2, 0.25) is 0 Å². The van der Waals surface area contributed by atoms with Gasteiger partial charge in [0.15, 0.2) is 0 Å². The minimum atomic E-state index is -3.26. The smallest absolute Gasteiger partial charge is 0.211 e. The van der Waals surface area contributed by atoms with Crippen molar-refractivity contribution in [3.8, 4) is 0 Å². The van der Waals surface area contributed by atoms with Crippen LogP contribution in [-0.4, -0.2) is 15.0 Å². The fourth-order valence-electron chi connectivity index (χ4n) is 0.873. The van der Waals surface area contributed by atoms with E-state index in [-0.39, 0.29) is 1.43 Å². The molecule has 0 heterocycles. The Morgan fingerprint density at radius 2 is 1.92 bits per heavy atom. The predicted molar refractivity (Wildman–Crippen MR) is 49.4 cm³/mol. The molecular formula is C8H13NO2S. The van der Waals surface area contributed by atoms with Crippen molar-refractivity contribution in [2.45, 2.75) is 11.8 Å². The topological polar surface area (TPSA) is 46.2 Å². The van der Waals surface area contributed by atoms with Gasteiger partial charge in [-0.1, -0.05) is 25.1 Å². The summed E-state index contributed by atoms with van der Waals surface area (Å²) in [5.41, 5.74) is 0. The van der Waals surface area contributed by atoms with Gasteiger partial charge in [-0.2, -0.15) is 0 Å². The molecule has 0 atom stereocenters. The van der Waals surface area contributed by atoms with Crippen LogP contribution in [0.3, 0.4) is 0 Å². The highest BCUT2D eigenvalue weighted by Gasteiger charge is 2.09. The number of rotatable bonds is 3. The molecule has 0 bridgehead atoms. The maximum absolute atomic E-state index is 11.3. The zero-order valence-electron chi connectivity index (χ0n) is 6.82. The van der Waals surface area contributed by atoms with Crippen LogP contribution in [0.4, 0.5) is 0 Å². The summed E-state index contributed by atoms with van der Waals surface area (Å²) in [5, 5.41) is 0. The molecule has 68 valence electrons. The molecule has 12 heavy (non-hydrogen) atoms. The molecular weight excluding hydrogens is 174 g/mol. The van der Waals surface area contributed by atoms with Crippen molar-refractivity contribution >= 4 is 10.0 Å². The van der Waals surface area contributed by atoms with E-state index in [9.17, 15) is 8.42 Å². The lowest BCUT2D eigenvalue weighted by Crippen LogP contribution is -2.22. The van der Waals surface area contributed by atoms with Crippen molar-refractivity contribution in [1.29, 1.82) is 0 Å². The number of hydrogen-bond acceptors (Lipinski definition) is 2. The van der Waals surface area contributed by atoms with Gasteiger partial charge in [-0.25, -0.2) is 13.1 Å². The molecule has 0 aliphatic carbocycles. The molecule has 4 heteroatoms. The van der Waals surface area contributed by atoms with E-state index in [4.69, 9.17) is 0 Å². The van der Waals surface area contributed by atoms with Crippen molar-refractivity contribution in [2.75, 3.05) is 6.54 Å². The summed E-state index contributed by atoms with van der Waals surface area (Å²) >= 11 is 0. The highest BCUT2D eigenvalue weighted by atomic mass is 32.2. The molecule has 0 unspecified atom stereocenters. The SMILES string of the molecule is CCNS(=O)(=O)c1ccccc1.[HH]. The van der Waals surface area contributed by atoms with Gasteiger partial charge in [-0.15, -0.1) is 0 Å². The maximum atomic E-state index is 11.3. The number of hydrogen-bond donors (Lipinski definition) is 1. The Kier molecular flexibility index (Phi) is 2.83. The molecule has 0 radical (unpaired) electrons. The van der Waals surface area contributed by atoms with Crippen molar-refractivity contribution in [3.63, 3.8) is 0 Å². The van der Waals surface area contributed by atoms with E-state index in [1.807, 2.05) is 0 Å². The van der Waals surface area contributed by atoms with Crippen LogP contribution in [0.25, 0.3) is 0 Å². The molecule has 0 aliphatic rings. The highest BCUT2D eigenvalue weighted by Crippen LogP contribution is 2.05. The van der Waals surface area contributed by atoms with Gasteiger partial charge in [-0.05, 0) is 12.1 Å². The van der Waals surface area contributed by atoms with Crippen LogP contribution < -0.4 is 4.72 Å². The highest BCUT2D eigenvalue weighted by molar-refractivity contribution is 7.89. The lowest BCUT2D eigenvalue weighted by molar-refractivity contribution is 0.584. The van der Waals surface area contributed by atoms with Crippen molar-refractivity contribution < 1.29 is 9.84 Å². The first-order valence-corrected chi connectivity index (χ1v) is 5.20. The molecule has 0 spiro atoms. The Balaban J connectivity index is 0.00000144. The average Bonchev–Trinajstić information content (AvgIpc) is 2.06. The second kappa shape index (κ2) is 3.69. The van der Waals surface area contributed by atoms with Gasteiger partial charge >= 0.3 is 0 Å². The quantitative estimate of drug-likeness (QED) is 0.773. The maximum Gasteiger partial charge on any atom is 0.240 e. The average molecular weight is 187 g/mol. The zero-order chi connectivity index (χ0) is 9.03. The molecule has 0 amide bonds. The van der Waals surface area contributed by atoms with Crippen molar-refractivity contribution in [1.82, 2.24) is 4.72 Å². The molecule has 0 saturated heterocycles. The predicted octanol–water partition coefficient (Wildman–Crippen LogP) is 1.23. The molecule has 0 saturated carbocycles. The summed E-state index contributed by atoms with van der Waals surface area (Å²) in [5.74, 6) is 0. The summed E-state index contributed by atoms with van der Waals surface area (Å²) < 4.78 is 25.1. The fraction of sp³-hybridized carbons (Fsp3) is 0.250. The normalized spacial score (nSPS) is 11.4. The summed E-state index contributed by atoms with van der Waals surface area (Å²) in [4.78, 5) is 0.312. The summed E-state index contributed by atoms with van der Waals surface area (Å²) in [6.07, 6.45) is 0. The lowest BCUT2D eigenvalue weighted by Gasteiger charge is -2.02. The van der Waals surface area contributed by atoms with E-state index >= 15 is 0 Å². The first kappa shape index (κ1) is 9.22. The van der Waals surface area contributed by atoms with E-state index < -0.39 is 10.0 Å². The molecule has 0 aliphatic heterocycles. The third kappa shape index (κ3) is 2.06.